The Morgan fingerprint density at radius 1 is 1.16 bits per heavy atom. The Kier molecular flexibility index (Phi) is 3.76. The third-order valence-corrected chi connectivity index (χ3v) is 4.76. The molecule has 1 fully saturated rings. The molecule has 0 spiro atoms. The van der Waals surface area contributed by atoms with Crippen molar-refractivity contribution >= 4 is 5.69 Å². The molecule has 0 radical (unpaired) electrons. The van der Waals surface area contributed by atoms with Gasteiger partial charge in [-0.1, -0.05) is 19.1 Å². The lowest BCUT2D eigenvalue weighted by Crippen LogP contribution is -2.37. The summed E-state index contributed by atoms with van der Waals surface area (Å²) in [5, 5.41) is 0. The summed E-state index contributed by atoms with van der Waals surface area (Å²) in [6.07, 6.45) is 2.71. The predicted molar refractivity (Wildman–Crippen MR) is 79.8 cm³/mol. The van der Waals surface area contributed by atoms with Gasteiger partial charge in [-0.05, 0) is 55.6 Å². The highest BCUT2D eigenvalue weighted by Gasteiger charge is 2.25. The number of hydrogen-bond acceptors (Lipinski definition) is 3. The van der Waals surface area contributed by atoms with Crippen LogP contribution in [0.1, 0.15) is 30.9 Å². The molecule has 1 aromatic carbocycles. The molecule has 0 aliphatic carbocycles. The average Bonchev–Trinajstić information content (AvgIpc) is 2.84. The number of nitrogens with two attached hydrogens (primary N) is 1. The number of hydrogen-bond donors (Lipinski definition) is 1. The number of benzene rings is 1. The second-order valence-corrected chi connectivity index (χ2v) is 6.03. The molecule has 0 bridgehead atoms. The summed E-state index contributed by atoms with van der Waals surface area (Å²) in [7, 11) is 0. The van der Waals surface area contributed by atoms with E-state index in [1.165, 1.54) is 50.1 Å². The van der Waals surface area contributed by atoms with E-state index in [0.717, 1.165) is 24.7 Å². The minimum absolute atomic E-state index is 0.873. The maximum atomic E-state index is 6.07. The van der Waals surface area contributed by atoms with Crippen LogP contribution in [-0.2, 0) is 13.1 Å². The van der Waals surface area contributed by atoms with Crippen LogP contribution in [0.5, 0.6) is 0 Å². The largest absolute Gasteiger partial charge is 0.398 e. The summed E-state index contributed by atoms with van der Waals surface area (Å²) < 4.78 is 0. The first-order valence-electron chi connectivity index (χ1n) is 7.57. The van der Waals surface area contributed by atoms with Crippen LogP contribution in [-0.4, -0.2) is 36.0 Å². The van der Waals surface area contributed by atoms with E-state index < -0.39 is 0 Å². The molecule has 0 saturated carbocycles. The monoisotopic (exact) mass is 259 g/mol. The Bertz CT molecular complexity index is 436. The Morgan fingerprint density at radius 3 is 2.63 bits per heavy atom. The van der Waals surface area contributed by atoms with Crippen LogP contribution in [0.25, 0.3) is 0 Å². The van der Waals surface area contributed by atoms with Crippen molar-refractivity contribution in [1.29, 1.82) is 0 Å². The highest BCUT2D eigenvalue weighted by atomic mass is 15.2. The lowest BCUT2D eigenvalue weighted by molar-refractivity contribution is 0.147. The fraction of sp³-hybridized carbons (Fsp3) is 0.625. The van der Waals surface area contributed by atoms with Crippen molar-refractivity contribution in [2.75, 3.05) is 31.9 Å². The molecule has 2 N–H and O–H groups in total. The normalized spacial score (nSPS) is 21.7. The number of nitrogens with zero attached hydrogens (tertiary/aromatic N) is 2. The molecule has 104 valence electrons. The Morgan fingerprint density at radius 2 is 1.95 bits per heavy atom. The van der Waals surface area contributed by atoms with Gasteiger partial charge in [0.05, 0.1) is 0 Å². The van der Waals surface area contributed by atoms with E-state index in [2.05, 4.69) is 28.9 Å². The van der Waals surface area contributed by atoms with E-state index in [1.54, 1.807) is 0 Å². The zero-order valence-corrected chi connectivity index (χ0v) is 11.9. The molecule has 3 rings (SSSR count). The molecule has 2 aliphatic rings. The second-order valence-electron chi connectivity index (χ2n) is 6.03. The molecule has 0 amide bonds. The zero-order valence-electron chi connectivity index (χ0n) is 11.9. The molecule has 0 unspecified atom stereocenters. The van der Waals surface area contributed by atoms with E-state index in [4.69, 9.17) is 5.73 Å². The van der Waals surface area contributed by atoms with E-state index >= 15 is 0 Å². The molecule has 2 heterocycles. The summed E-state index contributed by atoms with van der Waals surface area (Å²) in [5.41, 5.74) is 9.85. The van der Waals surface area contributed by atoms with Crippen molar-refractivity contribution in [2.24, 2.45) is 5.92 Å². The lowest BCUT2D eigenvalue weighted by atomic mass is 9.96. The molecule has 1 aromatic rings. The van der Waals surface area contributed by atoms with Gasteiger partial charge in [0.2, 0.25) is 0 Å². The molecule has 2 aliphatic heterocycles. The maximum absolute atomic E-state index is 6.07. The van der Waals surface area contributed by atoms with Crippen molar-refractivity contribution in [2.45, 2.75) is 32.9 Å². The summed E-state index contributed by atoms with van der Waals surface area (Å²) in [4.78, 5) is 5.14. The van der Waals surface area contributed by atoms with Crippen molar-refractivity contribution in [3.63, 3.8) is 0 Å². The Labute approximate surface area is 116 Å². The summed E-state index contributed by atoms with van der Waals surface area (Å²) in [6.45, 7) is 9.42. The first-order valence-corrected chi connectivity index (χ1v) is 7.57. The highest BCUT2D eigenvalue weighted by molar-refractivity contribution is 5.52. The number of anilines is 1. The molecule has 3 heteroatoms. The topological polar surface area (TPSA) is 32.5 Å². The van der Waals surface area contributed by atoms with Crippen LogP contribution in [0.2, 0.25) is 0 Å². The fourth-order valence-electron chi connectivity index (χ4n) is 3.50. The quantitative estimate of drug-likeness (QED) is 0.846. The molecule has 3 nitrogen and oxygen atoms in total. The Balaban J connectivity index is 1.55. The minimum atomic E-state index is 0.873. The summed E-state index contributed by atoms with van der Waals surface area (Å²) >= 11 is 0. The highest BCUT2D eigenvalue weighted by Crippen LogP contribution is 2.29. The van der Waals surface area contributed by atoms with E-state index in [1.807, 2.05) is 6.07 Å². The molecular formula is C16H25N3. The van der Waals surface area contributed by atoms with E-state index in [9.17, 15) is 0 Å². The number of nitrogen functional groups attached to an aromatic ring is 1. The second kappa shape index (κ2) is 5.51. The van der Waals surface area contributed by atoms with Gasteiger partial charge in [-0.25, -0.2) is 0 Å². The SMILES string of the molecule is CCN1CCC(CN2Cc3cccc(N)c3C2)CC1. The van der Waals surface area contributed by atoms with Crippen LogP contribution in [0.15, 0.2) is 18.2 Å². The minimum Gasteiger partial charge on any atom is -0.398 e. The molecular weight excluding hydrogens is 234 g/mol. The van der Waals surface area contributed by atoms with Crippen molar-refractivity contribution in [1.82, 2.24) is 9.80 Å². The first-order chi connectivity index (χ1) is 9.26. The van der Waals surface area contributed by atoms with Gasteiger partial charge in [0.1, 0.15) is 0 Å². The first kappa shape index (κ1) is 12.9. The van der Waals surface area contributed by atoms with Crippen LogP contribution < -0.4 is 5.73 Å². The standard InChI is InChI=1S/C16H25N3/c1-2-18-8-6-13(7-9-18)10-19-11-14-4-3-5-16(17)15(14)12-19/h3-5,13H,2,6-12,17H2,1H3. The molecule has 19 heavy (non-hydrogen) atoms. The van der Waals surface area contributed by atoms with Crippen molar-refractivity contribution < 1.29 is 0 Å². The summed E-state index contributed by atoms with van der Waals surface area (Å²) in [5.74, 6) is 0.873. The smallest absolute Gasteiger partial charge is 0.0363 e. The third-order valence-electron chi connectivity index (χ3n) is 4.76. The number of rotatable bonds is 3. The third kappa shape index (κ3) is 2.77. The van der Waals surface area contributed by atoms with Crippen LogP contribution in [0, 0.1) is 5.92 Å². The van der Waals surface area contributed by atoms with Gasteiger partial charge in [0, 0.05) is 25.3 Å². The lowest BCUT2D eigenvalue weighted by Gasteiger charge is -2.33. The fourth-order valence-corrected chi connectivity index (χ4v) is 3.50. The predicted octanol–water partition coefficient (Wildman–Crippen LogP) is 2.32. The van der Waals surface area contributed by atoms with Gasteiger partial charge in [-0.3, -0.25) is 4.90 Å². The van der Waals surface area contributed by atoms with Crippen LogP contribution in [0.3, 0.4) is 0 Å². The van der Waals surface area contributed by atoms with Crippen molar-refractivity contribution in [3.05, 3.63) is 29.3 Å². The average molecular weight is 259 g/mol. The molecule has 1 saturated heterocycles. The van der Waals surface area contributed by atoms with E-state index in [-0.39, 0.29) is 0 Å². The van der Waals surface area contributed by atoms with E-state index in [0.29, 0.717) is 0 Å². The van der Waals surface area contributed by atoms with Crippen molar-refractivity contribution in [3.8, 4) is 0 Å². The Hall–Kier alpha value is -1.06. The molecule has 0 atom stereocenters. The van der Waals surface area contributed by atoms with Gasteiger partial charge >= 0.3 is 0 Å². The number of piperidine rings is 1. The zero-order chi connectivity index (χ0) is 13.2. The van der Waals surface area contributed by atoms with Gasteiger partial charge in [-0.2, -0.15) is 0 Å². The van der Waals surface area contributed by atoms with Gasteiger partial charge in [0.25, 0.3) is 0 Å². The summed E-state index contributed by atoms with van der Waals surface area (Å²) in [6, 6.07) is 6.34. The number of fused-ring (bicyclic) bond motifs is 1. The number of likely N-dealkylation sites (tertiary alicyclic amines) is 1. The van der Waals surface area contributed by atoms with Gasteiger partial charge in [0.15, 0.2) is 0 Å². The molecule has 0 aromatic heterocycles. The van der Waals surface area contributed by atoms with Gasteiger partial charge < -0.3 is 10.6 Å². The maximum Gasteiger partial charge on any atom is 0.0363 e. The van der Waals surface area contributed by atoms with Gasteiger partial charge in [-0.15, -0.1) is 0 Å². The van der Waals surface area contributed by atoms with Crippen LogP contribution >= 0.6 is 0 Å². The van der Waals surface area contributed by atoms with Crippen LogP contribution in [0.4, 0.5) is 5.69 Å².